The number of benzene rings is 1. The van der Waals surface area contributed by atoms with Crippen molar-refractivity contribution in [3.05, 3.63) is 60.3 Å². The van der Waals surface area contributed by atoms with Gasteiger partial charge in [-0.3, -0.25) is 4.90 Å². The molecule has 0 spiro atoms. The third-order valence-corrected chi connectivity index (χ3v) is 3.65. The van der Waals surface area contributed by atoms with Crippen molar-refractivity contribution in [2.45, 2.75) is 0 Å². The lowest BCUT2D eigenvalue weighted by Crippen LogP contribution is -3.00. The largest absolute Gasteiger partial charge is 1.00 e. The average molecular weight is 348 g/mol. The maximum absolute atomic E-state index is 4.41. The van der Waals surface area contributed by atoms with Gasteiger partial charge in [-0.25, -0.2) is 4.98 Å². The number of halogens is 2. The molecule has 0 unspecified atom stereocenters. The number of rotatable bonds is 2. The molecule has 0 bridgehead atoms. The van der Waals surface area contributed by atoms with Gasteiger partial charge in [-0.2, -0.15) is 0 Å². The third-order valence-electron chi connectivity index (χ3n) is 3.65. The Hall–Kier alpha value is -1.73. The number of nitrogens with zero attached hydrogens (tertiary/aromatic N) is 3. The van der Waals surface area contributed by atoms with E-state index in [4.69, 9.17) is 0 Å². The molecule has 2 heterocycles. The molecule has 1 aliphatic heterocycles. The van der Waals surface area contributed by atoms with Crippen LogP contribution < -0.4 is 29.7 Å². The van der Waals surface area contributed by atoms with Crippen molar-refractivity contribution in [1.82, 2.24) is 9.88 Å². The summed E-state index contributed by atoms with van der Waals surface area (Å²) in [5, 5.41) is 0. The van der Waals surface area contributed by atoms with Gasteiger partial charge in [0.25, 0.3) is 0 Å². The van der Waals surface area contributed by atoms with E-state index in [-0.39, 0.29) is 24.8 Å². The van der Waals surface area contributed by atoms with Crippen LogP contribution in [-0.4, -0.2) is 42.6 Å². The zero-order valence-electron chi connectivity index (χ0n) is 12.8. The third kappa shape index (κ3) is 5.76. The van der Waals surface area contributed by atoms with Crippen LogP contribution in [0.1, 0.15) is 5.56 Å². The van der Waals surface area contributed by atoms with E-state index in [9.17, 15) is 0 Å². The number of hydrogen-bond acceptors (Lipinski definition) is 3. The summed E-state index contributed by atoms with van der Waals surface area (Å²) >= 11 is 0. The van der Waals surface area contributed by atoms with Gasteiger partial charge in [0, 0.05) is 37.9 Å². The van der Waals surface area contributed by atoms with Crippen molar-refractivity contribution < 1.29 is 24.8 Å². The van der Waals surface area contributed by atoms with Crippen molar-refractivity contribution in [3.8, 4) is 11.8 Å². The van der Waals surface area contributed by atoms with Gasteiger partial charge >= 0.3 is 0 Å². The summed E-state index contributed by atoms with van der Waals surface area (Å²) in [6.45, 7) is 4.96. The molecular formula is C18H19Cl2N3-2. The van der Waals surface area contributed by atoms with E-state index in [1.165, 1.54) is 0 Å². The first-order valence-electron chi connectivity index (χ1n) is 7.34. The zero-order chi connectivity index (χ0) is 14.3. The fraction of sp³-hybridized carbons (Fsp3) is 0.278. The Balaban J connectivity index is 0.00000132. The molecular weight excluding hydrogens is 329 g/mol. The Kier molecular flexibility index (Phi) is 8.50. The van der Waals surface area contributed by atoms with Crippen molar-refractivity contribution in [2.75, 3.05) is 37.6 Å². The molecule has 122 valence electrons. The lowest BCUT2D eigenvalue weighted by molar-refractivity contribution is -0.001000. The van der Waals surface area contributed by atoms with Crippen LogP contribution in [0, 0.1) is 11.8 Å². The first kappa shape index (κ1) is 19.3. The topological polar surface area (TPSA) is 19.4 Å². The predicted octanol–water partition coefficient (Wildman–Crippen LogP) is -3.74. The number of hydrogen-bond donors (Lipinski definition) is 0. The smallest absolute Gasteiger partial charge is 0.128 e. The molecule has 0 aliphatic carbocycles. The monoisotopic (exact) mass is 347 g/mol. The Morgan fingerprint density at radius 1 is 0.870 bits per heavy atom. The summed E-state index contributed by atoms with van der Waals surface area (Å²) < 4.78 is 0. The average Bonchev–Trinajstić information content (AvgIpc) is 2.57. The second-order valence-corrected chi connectivity index (χ2v) is 5.12. The van der Waals surface area contributed by atoms with E-state index in [0.29, 0.717) is 0 Å². The van der Waals surface area contributed by atoms with Gasteiger partial charge in [0.15, 0.2) is 0 Å². The highest BCUT2D eigenvalue weighted by atomic mass is 35.5. The van der Waals surface area contributed by atoms with Crippen LogP contribution in [0.25, 0.3) is 0 Å². The molecule has 2 aromatic rings. The molecule has 3 nitrogen and oxygen atoms in total. The Bertz CT molecular complexity index is 615. The molecule has 0 radical (unpaired) electrons. The van der Waals surface area contributed by atoms with Crippen molar-refractivity contribution in [1.29, 1.82) is 0 Å². The minimum absolute atomic E-state index is 0. The fourth-order valence-corrected chi connectivity index (χ4v) is 2.45. The zero-order valence-corrected chi connectivity index (χ0v) is 14.3. The highest BCUT2D eigenvalue weighted by Gasteiger charge is 2.16. The lowest BCUT2D eigenvalue weighted by atomic mass is 10.2. The normalized spacial score (nSPS) is 14.0. The molecule has 0 N–H and O–H groups in total. The van der Waals surface area contributed by atoms with Gasteiger partial charge < -0.3 is 29.7 Å². The van der Waals surface area contributed by atoms with Crippen LogP contribution in [-0.2, 0) is 0 Å². The predicted molar refractivity (Wildman–Crippen MR) is 86.2 cm³/mol. The van der Waals surface area contributed by atoms with Crippen molar-refractivity contribution >= 4 is 5.82 Å². The van der Waals surface area contributed by atoms with Gasteiger partial charge in [-0.15, -0.1) is 0 Å². The summed E-state index contributed by atoms with van der Waals surface area (Å²) in [5.41, 5.74) is 1.09. The van der Waals surface area contributed by atoms with Gasteiger partial charge in [0.1, 0.15) is 5.82 Å². The Labute approximate surface area is 150 Å². The molecule has 1 aliphatic rings. The van der Waals surface area contributed by atoms with Gasteiger partial charge in [0.2, 0.25) is 0 Å². The molecule has 1 saturated heterocycles. The molecule has 3 rings (SSSR count). The van der Waals surface area contributed by atoms with E-state index in [1.807, 2.05) is 48.7 Å². The first-order chi connectivity index (χ1) is 10.4. The quantitative estimate of drug-likeness (QED) is 0.521. The van der Waals surface area contributed by atoms with Crippen molar-refractivity contribution in [3.63, 3.8) is 0 Å². The second kappa shape index (κ2) is 10.1. The first-order valence-corrected chi connectivity index (χ1v) is 7.34. The number of piperazine rings is 1. The SMILES string of the molecule is C(#Cc1ccccc1)CN1CCN(c2ccccn2)CC1.[Cl-].[Cl-]. The molecule has 5 heteroatoms. The standard InChI is InChI=1S/C18H19N3.2ClH/c1-2-7-17(8-3-1)9-6-12-20-13-15-21(16-14-20)18-10-4-5-11-19-18;;/h1-5,7-8,10-11H,12-16H2;2*1H/p-2. The van der Waals surface area contributed by atoms with E-state index < -0.39 is 0 Å². The molecule has 1 aromatic carbocycles. The lowest BCUT2D eigenvalue weighted by Gasteiger charge is -2.34. The highest BCUT2D eigenvalue weighted by molar-refractivity contribution is 5.38. The van der Waals surface area contributed by atoms with Gasteiger partial charge in [-0.1, -0.05) is 36.1 Å². The maximum Gasteiger partial charge on any atom is 0.128 e. The van der Waals surface area contributed by atoms with Crippen LogP contribution in [0.3, 0.4) is 0 Å². The molecule has 0 atom stereocenters. The van der Waals surface area contributed by atoms with E-state index in [0.717, 1.165) is 44.1 Å². The Morgan fingerprint density at radius 3 is 2.22 bits per heavy atom. The fourth-order valence-electron chi connectivity index (χ4n) is 2.45. The Morgan fingerprint density at radius 2 is 1.57 bits per heavy atom. The maximum atomic E-state index is 4.41. The minimum atomic E-state index is 0. The molecule has 0 amide bonds. The summed E-state index contributed by atoms with van der Waals surface area (Å²) in [7, 11) is 0. The number of aromatic nitrogens is 1. The van der Waals surface area contributed by atoms with Crippen LogP contribution in [0.5, 0.6) is 0 Å². The molecule has 1 aromatic heterocycles. The van der Waals surface area contributed by atoms with E-state index >= 15 is 0 Å². The van der Waals surface area contributed by atoms with Crippen LogP contribution in [0.2, 0.25) is 0 Å². The van der Waals surface area contributed by atoms with Crippen LogP contribution in [0.4, 0.5) is 5.82 Å². The van der Waals surface area contributed by atoms with Crippen molar-refractivity contribution in [2.24, 2.45) is 0 Å². The summed E-state index contributed by atoms with van der Waals surface area (Å²) in [5.74, 6) is 7.56. The summed E-state index contributed by atoms with van der Waals surface area (Å²) in [6, 6.07) is 16.2. The summed E-state index contributed by atoms with van der Waals surface area (Å²) in [6.07, 6.45) is 1.85. The van der Waals surface area contributed by atoms with E-state index in [2.05, 4.69) is 32.7 Å². The number of pyridine rings is 1. The minimum Gasteiger partial charge on any atom is -1.00 e. The van der Waals surface area contributed by atoms with Gasteiger partial charge in [0.05, 0.1) is 6.54 Å². The van der Waals surface area contributed by atoms with Crippen LogP contribution in [0.15, 0.2) is 54.7 Å². The second-order valence-electron chi connectivity index (χ2n) is 5.12. The van der Waals surface area contributed by atoms with E-state index in [1.54, 1.807) is 0 Å². The summed E-state index contributed by atoms with van der Waals surface area (Å²) in [4.78, 5) is 9.14. The molecule has 23 heavy (non-hydrogen) atoms. The highest BCUT2D eigenvalue weighted by Crippen LogP contribution is 2.11. The molecule has 1 fully saturated rings. The molecule has 0 saturated carbocycles. The van der Waals surface area contributed by atoms with Gasteiger partial charge in [-0.05, 0) is 24.3 Å². The number of anilines is 1. The van der Waals surface area contributed by atoms with Crippen LogP contribution >= 0.6 is 0 Å².